The molecule has 0 aliphatic carbocycles. The minimum absolute atomic E-state index is 0.0500. The van der Waals surface area contributed by atoms with Crippen LogP contribution in [0.4, 0.5) is 0 Å². The van der Waals surface area contributed by atoms with E-state index in [1.54, 1.807) is 43.3 Å². The molecule has 0 bridgehead atoms. The zero-order chi connectivity index (χ0) is 26.0. The van der Waals surface area contributed by atoms with Crippen molar-refractivity contribution in [2.75, 3.05) is 0 Å². The van der Waals surface area contributed by atoms with Gasteiger partial charge in [0.25, 0.3) is 0 Å². The highest BCUT2D eigenvalue weighted by Gasteiger charge is 2.32. The smallest absolute Gasteiger partial charge is 0.352 e. The van der Waals surface area contributed by atoms with Gasteiger partial charge >= 0.3 is 5.97 Å². The average molecular weight is 523 g/mol. The molecule has 0 fully saturated rings. The maximum atomic E-state index is 12.7. The van der Waals surface area contributed by atoms with Gasteiger partial charge in [-0.1, -0.05) is 61.3 Å². The number of carbonyl (C=O) groups is 1. The first-order chi connectivity index (χ1) is 17.2. The molecule has 0 aromatic heterocycles. The molecule has 36 heavy (non-hydrogen) atoms. The summed E-state index contributed by atoms with van der Waals surface area (Å²) < 4.78 is 17.0. The van der Waals surface area contributed by atoms with E-state index in [0.717, 1.165) is 0 Å². The Morgan fingerprint density at radius 1 is 1.00 bits per heavy atom. The number of fused-ring (bicyclic) bond motifs is 1. The van der Waals surface area contributed by atoms with Gasteiger partial charge < -0.3 is 19.9 Å². The molecular weight excluding hydrogens is 499 g/mol. The number of nitrogens with two attached hydrogens (primary N) is 1. The lowest BCUT2D eigenvalue weighted by atomic mass is 9.83. The number of hydrogen-bond donors (Lipinski definition) is 1. The number of allylic oxidation sites excluding steroid dienone is 1. The SMILES string of the molecule is CC(Oc1ccc(C(C)C)cc1)C(=O)Oc1ccc2c(c1)OC(N)=C(C#N)C2c1ccc(Cl)cc1Cl. The number of hydrogen-bond acceptors (Lipinski definition) is 6. The van der Waals surface area contributed by atoms with Crippen LogP contribution >= 0.6 is 23.2 Å². The first kappa shape index (κ1) is 25.4. The van der Waals surface area contributed by atoms with Gasteiger partial charge in [-0.3, -0.25) is 0 Å². The van der Waals surface area contributed by atoms with Gasteiger partial charge in [-0.05, 0) is 54.3 Å². The highest BCUT2D eigenvalue weighted by Crippen LogP contribution is 2.45. The molecule has 0 spiro atoms. The van der Waals surface area contributed by atoms with E-state index in [2.05, 4.69) is 19.9 Å². The van der Waals surface area contributed by atoms with Gasteiger partial charge in [-0.25, -0.2) is 4.79 Å². The fourth-order valence-corrected chi connectivity index (χ4v) is 4.45. The second kappa shape index (κ2) is 10.5. The van der Waals surface area contributed by atoms with Gasteiger partial charge in [0, 0.05) is 21.7 Å². The molecule has 1 aliphatic rings. The van der Waals surface area contributed by atoms with Crippen molar-refractivity contribution >= 4 is 29.2 Å². The topological polar surface area (TPSA) is 94.6 Å². The number of benzene rings is 3. The third-order valence-corrected chi connectivity index (χ3v) is 6.44. The lowest BCUT2D eigenvalue weighted by Gasteiger charge is -2.27. The van der Waals surface area contributed by atoms with Crippen LogP contribution in [-0.2, 0) is 4.79 Å². The van der Waals surface area contributed by atoms with Crippen molar-refractivity contribution in [3.05, 3.63) is 98.9 Å². The predicted molar refractivity (Wildman–Crippen MR) is 138 cm³/mol. The molecule has 0 radical (unpaired) electrons. The van der Waals surface area contributed by atoms with Crippen molar-refractivity contribution in [3.63, 3.8) is 0 Å². The molecule has 2 unspecified atom stereocenters. The molecule has 0 saturated carbocycles. The molecule has 1 heterocycles. The second-order valence-corrected chi connectivity index (χ2v) is 9.54. The number of nitriles is 1. The second-order valence-electron chi connectivity index (χ2n) is 8.70. The third kappa shape index (κ3) is 5.28. The highest BCUT2D eigenvalue weighted by molar-refractivity contribution is 6.35. The standard InChI is InChI=1S/C28H24Cl2N2O4/c1-15(2)17-4-7-19(8-5-17)34-16(3)28(33)35-20-9-11-22-25(13-20)36-27(32)23(14-31)26(22)21-10-6-18(29)12-24(21)30/h4-13,15-16,26H,32H2,1-3H3. The first-order valence-corrected chi connectivity index (χ1v) is 12.1. The summed E-state index contributed by atoms with van der Waals surface area (Å²) in [5.74, 6) is 0.384. The highest BCUT2D eigenvalue weighted by atomic mass is 35.5. The zero-order valence-corrected chi connectivity index (χ0v) is 21.4. The number of nitrogens with zero attached hydrogens (tertiary/aromatic N) is 1. The van der Waals surface area contributed by atoms with E-state index >= 15 is 0 Å². The maximum Gasteiger partial charge on any atom is 0.352 e. The van der Waals surface area contributed by atoms with Gasteiger partial charge in [0.05, 0.1) is 5.92 Å². The van der Waals surface area contributed by atoms with Crippen molar-refractivity contribution in [2.24, 2.45) is 5.73 Å². The van der Waals surface area contributed by atoms with Crippen LogP contribution in [0.5, 0.6) is 17.2 Å². The van der Waals surface area contributed by atoms with Crippen LogP contribution in [0.3, 0.4) is 0 Å². The molecule has 184 valence electrons. The van der Waals surface area contributed by atoms with Crippen molar-refractivity contribution in [3.8, 4) is 23.3 Å². The molecule has 1 aliphatic heterocycles. The van der Waals surface area contributed by atoms with E-state index in [1.807, 2.05) is 24.3 Å². The van der Waals surface area contributed by atoms with Crippen molar-refractivity contribution in [1.82, 2.24) is 0 Å². The Kier molecular flexibility index (Phi) is 7.44. The molecular formula is C28H24Cl2N2O4. The van der Waals surface area contributed by atoms with Crippen LogP contribution < -0.4 is 19.9 Å². The Balaban J connectivity index is 1.55. The number of ether oxygens (including phenoxy) is 3. The van der Waals surface area contributed by atoms with Crippen molar-refractivity contribution < 1.29 is 19.0 Å². The summed E-state index contributed by atoms with van der Waals surface area (Å²) in [6.07, 6.45) is -0.845. The number of halogens is 2. The molecule has 2 atom stereocenters. The predicted octanol–water partition coefficient (Wildman–Crippen LogP) is 6.71. The Morgan fingerprint density at radius 3 is 2.31 bits per heavy atom. The van der Waals surface area contributed by atoms with E-state index < -0.39 is 18.0 Å². The molecule has 2 N–H and O–H groups in total. The average Bonchev–Trinajstić information content (AvgIpc) is 2.83. The summed E-state index contributed by atoms with van der Waals surface area (Å²) in [7, 11) is 0. The Labute approximate surface area is 219 Å². The van der Waals surface area contributed by atoms with Gasteiger partial charge in [0.15, 0.2) is 6.10 Å². The van der Waals surface area contributed by atoms with Crippen LogP contribution in [-0.4, -0.2) is 12.1 Å². The quantitative estimate of drug-likeness (QED) is 0.285. The summed E-state index contributed by atoms with van der Waals surface area (Å²) in [6, 6.07) is 19.6. The monoisotopic (exact) mass is 522 g/mol. The Morgan fingerprint density at radius 2 is 1.67 bits per heavy atom. The summed E-state index contributed by atoms with van der Waals surface area (Å²) in [4.78, 5) is 12.7. The lowest BCUT2D eigenvalue weighted by molar-refractivity contribution is -0.141. The largest absolute Gasteiger partial charge is 0.479 e. The third-order valence-electron chi connectivity index (χ3n) is 5.87. The summed E-state index contributed by atoms with van der Waals surface area (Å²) >= 11 is 12.5. The van der Waals surface area contributed by atoms with E-state index in [0.29, 0.717) is 38.6 Å². The first-order valence-electron chi connectivity index (χ1n) is 11.3. The molecule has 3 aromatic rings. The minimum atomic E-state index is -0.845. The molecule has 4 rings (SSSR count). The number of esters is 1. The minimum Gasteiger partial charge on any atom is -0.479 e. The molecule has 0 saturated heterocycles. The van der Waals surface area contributed by atoms with Gasteiger partial charge in [0.1, 0.15) is 28.9 Å². The van der Waals surface area contributed by atoms with E-state index in [4.69, 9.17) is 43.1 Å². The molecule has 0 amide bonds. The van der Waals surface area contributed by atoms with Crippen LogP contribution in [0.15, 0.2) is 72.1 Å². The Hall–Kier alpha value is -3.66. The van der Waals surface area contributed by atoms with E-state index in [1.165, 1.54) is 5.56 Å². The summed E-state index contributed by atoms with van der Waals surface area (Å²) in [6.45, 7) is 5.83. The van der Waals surface area contributed by atoms with Gasteiger partial charge in [-0.2, -0.15) is 5.26 Å². The number of carbonyl (C=O) groups excluding carboxylic acids is 1. The van der Waals surface area contributed by atoms with Gasteiger partial charge in [0.2, 0.25) is 5.88 Å². The van der Waals surface area contributed by atoms with Crippen LogP contribution in [0.2, 0.25) is 10.0 Å². The molecule has 6 nitrogen and oxygen atoms in total. The van der Waals surface area contributed by atoms with Crippen LogP contribution in [0.1, 0.15) is 49.3 Å². The summed E-state index contributed by atoms with van der Waals surface area (Å²) in [5.41, 5.74) is 8.77. The van der Waals surface area contributed by atoms with Crippen molar-refractivity contribution in [1.29, 1.82) is 5.26 Å². The fourth-order valence-electron chi connectivity index (χ4n) is 3.94. The lowest BCUT2D eigenvalue weighted by Crippen LogP contribution is -2.28. The molecule has 8 heteroatoms. The van der Waals surface area contributed by atoms with Crippen LogP contribution in [0.25, 0.3) is 0 Å². The molecule has 3 aromatic carbocycles. The Bertz CT molecular complexity index is 1380. The fraction of sp³-hybridized carbons (Fsp3) is 0.214. The summed E-state index contributed by atoms with van der Waals surface area (Å²) in [5, 5.41) is 10.6. The zero-order valence-electron chi connectivity index (χ0n) is 19.9. The van der Waals surface area contributed by atoms with Crippen molar-refractivity contribution in [2.45, 2.75) is 38.7 Å². The normalized spacial score (nSPS) is 15.5. The van der Waals surface area contributed by atoms with Gasteiger partial charge in [-0.15, -0.1) is 0 Å². The van der Waals surface area contributed by atoms with Crippen LogP contribution in [0, 0.1) is 11.3 Å². The number of rotatable bonds is 6. The van der Waals surface area contributed by atoms with E-state index in [9.17, 15) is 10.1 Å². The van der Waals surface area contributed by atoms with E-state index in [-0.39, 0.29) is 17.2 Å². The maximum absolute atomic E-state index is 12.7.